The van der Waals surface area contributed by atoms with Crippen molar-refractivity contribution < 1.29 is 33.3 Å². The lowest BCUT2D eigenvalue weighted by Gasteiger charge is -2.19. The molecule has 3 aromatic carbocycles. The van der Waals surface area contributed by atoms with Crippen molar-refractivity contribution in [1.82, 2.24) is 20.2 Å². The van der Waals surface area contributed by atoms with Crippen LogP contribution in [-0.4, -0.2) is 80.5 Å². The fourth-order valence-corrected chi connectivity index (χ4v) is 6.37. The van der Waals surface area contributed by atoms with Crippen molar-refractivity contribution in [3.8, 4) is 17.0 Å². The van der Waals surface area contributed by atoms with Crippen LogP contribution in [0.4, 0.5) is 4.79 Å². The van der Waals surface area contributed by atoms with Gasteiger partial charge in [-0.1, -0.05) is 54.6 Å². The molecule has 0 atom stereocenters. The van der Waals surface area contributed by atoms with Crippen LogP contribution in [0.3, 0.4) is 0 Å². The van der Waals surface area contributed by atoms with E-state index in [4.69, 9.17) is 28.8 Å². The second kappa shape index (κ2) is 18.7. The van der Waals surface area contributed by atoms with E-state index in [0.717, 1.165) is 50.0 Å². The maximum absolute atomic E-state index is 13.0. The maximum atomic E-state index is 13.0. The van der Waals surface area contributed by atoms with Gasteiger partial charge in [-0.2, -0.15) is 5.10 Å². The quantitative estimate of drug-likeness (QED) is 0.0713. The van der Waals surface area contributed by atoms with Gasteiger partial charge in [0.15, 0.2) is 5.69 Å². The predicted molar refractivity (Wildman–Crippen MR) is 207 cm³/mol. The van der Waals surface area contributed by atoms with Crippen LogP contribution in [0.15, 0.2) is 72.8 Å². The van der Waals surface area contributed by atoms with Gasteiger partial charge in [-0.3, -0.25) is 0 Å². The van der Waals surface area contributed by atoms with E-state index in [9.17, 15) is 9.59 Å². The molecule has 53 heavy (non-hydrogen) atoms. The molecule has 0 aliphatic heterocycles. The van der Waals surface area contributed by atoms with Crippen molar-refractivity contribution in [2.45, 2.75) is 59.6 Å². The van der Waals surface area contributed by atoms with E-state index in [1.807, 2.05) is 67.8 Å². The molecule has 0 saturated heterocycles. The highest BCUT2D eigenvalue weighted by Gasteiger charge is 2.22. The Morgan fingerprint density at radius 3 is 2.26 bits per heavy atom. The van der Waals surface area contributed by atoms with Crippen LogP contribution in [0.5, 0.6) is 5.75 Å². The molecule has 1 amide bonds. The largest absolute Gasteiger partial charge is 0.493 e. The minimum atomic E-state index is -0.523. The number of pyridine rings is 1. The summed E-state index contributed by atoms with van der Waals surface area (Å²) >= 11 is 0. The van der Waals surface area contributed by atoms with E-state index in [1.165, 1.54) is 12.7 Å². The zero-order valence-electron chi connectivity index (χ0n) is 31.8. The summed E-state index contributed by atoms with van der Waals surface area (Å²) in [5.41, 5.74) is 6.91. The van der Waals surface area contributed by atoms with Crippen LogP contribution in [-0.2, 0) is 31.9 Å². The Kier molecular flexibility index (Phi) is 13.8. The zero-order chi connectivity index (χ0) is 37.8. The van der Waals surface area contributed by atoms with Gasteiger partial charge in [-0.15, -0.1) is 0 Å². The van der Waals surface area contributed by atoms with E-state index in [0.29, 0.717) is 71.2 Å². The second-order valence-corrected chi connectivity index (χ2v) is 13.9. The second-order valence-electron chi connectivity index (χ2n) is 13.9. The summed E-state index contributed by atoms with van der Waals surface area (Å²) in [5.74, 6) is 0.393. The summed E-state index contributed by atoms with van der Waals surface area (Å²) < 4.78 is 29.6. The molecule has 0 radical (unpaired) electrons. The van der Waals surface area contributed by atoms with Gasteiger partial charge in [0.05, 0.1) is 51.4 Å². The molecule has 11 heteroatoms. The Hall–Kier alpha value is -4.97. The molecule has 0 spiro atoms. The Balaban J connectivity index is 1.14. The molecular weight excluding hydrogens is 672 g/mol. The van der Waals surface area contributed by atoms with Crippen molar-refractivity contribution in [1.29, 1.82) is 0 Å². The molecule has 0 aliphatic carbocycles. The number of hydrogen-bond donors (Lipinski definition) is 2. The molecule has 2 N–H and O–H groups in total. The zero-order valence-corrected chi connectivity index (χ0v) is 31.8. The molecule has 0 aliphatic rings. The number of nitrogens with one attached hydrogen (secondary N) is 2. The van der Waals surface area contributed by atoms with Gasteiger partial charge in [0.2, 0.25) is 0 Å². The minimum absolute atomic E-state index is 0.324. The number of aryl methyl sites for hydroxylation is 3. The summed E-state index contributed by atoms with van der Waals surface area (Å²) in [6, 6.07) is 24.7. The van der Waals surface area contributed by atoms with E-state index in [1.54, 1.807) is 0 Å². The lowest BCUT2D eigenvalue weighted by molar-refractivity contribution is 0.0403. The van der Waals surface area contributed by atoms with Crippen LogP contribution in [0, 0.1) is 13.8 Å². The highest BCUT2D eigenvalue weighted by atomic mass is 16.6. The van der Waals surface area contributed by atoms with Gasteiger partial charge in [-0.05, 0) is 87.7 Å². The molecule has 0 fully saturated rings. The fraction of sp³-hybridized carbons (Fsp3) is 0.405. The minimum Gasteiger partial charge on any atom is -0.493 e. The van der Waals surface area contributed by atoms with Crippen molar-refractivity contribution in [2.75, 3.05) is 53.2 Å². The van der Waals surface area contributed by atoms with Gasteiger partial charge < -0.3 is 34.3 Å². The van der Waals surface area contributed by atoms with Crippen molar-refractivity contribution in [3.63, 3.8) is 0 Å². The van der Waals surface area contributed by atoms with Crippen molar-refractivity contribution >= 4 is 28.4 Å². The predicted octanol–water partition coefficient (Wildman–Crippen LogP) is 7.22. The van der Waals surface area contributed by atoms with E-state index in [-0.39, 0.29) is 0 Å². The number of carbonyl (C=O) groups excluding carboxylic acids is 2. The number of carbonyl (C=O) groups is 2. The average Bonchev–Trinajstić information content (AvgIpc) is 3.50. The van der Waals surface area contributed by atoms with Crippen molar-refractivity contribution in [3.05, 3.63) is 101 Å². The van der Waals surface area contributed by atoms with E-state index in [2.05, 4.69) is 54.8 Å². The number of fused-ring (bicyclic) bond motifs is 2. The number of esters is 1. The molecule has 5 rings (SSSR count). The summed E-state index contributed by atoms with van der Waals surface area (Å²) in [6.45, 7) is 13.8. The third-order valence-corrected chi connectivity index (χ3v) is 8.60. The molecule has 5 aromatic rings. The summed E-state index contributed by atoms with van der Waals surface area (Å²) in [4.78, 5) is 24.6. The monoisotopic (exact) mass is 724 g/mol. The van der Waals surface area contributed by atoms with Crippen LogP contribution >= 0.6 is 0 Å². The molecule has 2 aromatic heterocycles. The number of ether oxygens (including phenoxy) is 5. The number of rotatable bonds is 18. The van der Waals surface area contributed by atoms with Crippen LogP contribution < -0.4 is 15.4 Å². The van der Waals surface area contributed by atoms with Gasteiger partial charge in [0.1, 0.15) is 11.4 Å². The Morgan fingerprint density at radius 1 is 0.830 bits per heavy atom. The van der Waals surface area contributed by atoms with Crippen LogP contribution in [0.1, 0.15) is 59.9 Å². The SMILES string of the molecule is COC(=O)c1nn2c(-c3c(C)cc(CNCCOCCOCCNC(=O)OC(C)(C)C)cc3C)cccc2c1CCCOc1cccc2ccccc12. The van der Waals surface area contributed by atoms with Gasteiger partial charge in [-0.25, -0.2) is 14.1 Å². The number of aromatic nitrogens is 2. The number of benzene rings is 3. The first-order valence-corrected chi connectivity index (χ1v) is 18.2. The number of amides is 1. The molecule has 0 unspecified atom stereocenters. The Morgan fingerprint density at radius 2 is 1.53 bits per heavy atom. The fourth-order valence-electron chi connectivity index (χ4n) is 6.37. The molecule has 2 heterocycles. The van der Waals surface area contributed by atoms with Crippen molar-refractivity contribution in [2.24, 2.45) is 0 Å². The van der Waals surface area contributed by atoms with Gasteiger partial charge in [0.25, 0.3) is 0 Å². The third-order valence-electron chi connectivity index (χ3n) is 8.60. The standard InChI is InChI=1S/C42H52N4O7/c1-29-26-31(28-43-19-22-50-24-25-51-23-20-44-41(48)53-42(3,4)5)27-30(2)38(29)36-17-10-16-35-34(39(40(47)49-6)45-46(35)36)15-11-21-52-37-18-9-13-32-12-7-8-14-33(32)37/h7-10,12-14,16-18,26-27,43H,11,15,19-25,28H2,1-6H3,(H,44,48). The average molecular weight is 725 g/mol. The molecular formula is C42H52N4O7. The number of alkyl carbamates (subject to hydrolysis) is 1. The lowest BCUT2D eigenvalue weighted by Crippen LogP contribution is -2.34. The highest BCUT2D eigenvalue weighted by Crippen LogP contribution is 2.31. The molecule has 282 valence electrons. The number of nitrogens with zero attached hydrogens (tertiary/aromatic N) is 2. The number of hydrogen-bond acceptors (Lipinski definition) is 9. The Labute approximate surface area is 311 Å². The molecule has 0 bridgehead atoms. The van der Waals surface area contributed by atoms with Crippen LogP contribution in [0.25, 0.3) is 27.5 Å². The summed E-state index contributed by atoms with van der Waals surface area (Å²) in [6.07, 6.45) is 0.856. The number of methoxy groups -OCH3 is 1. The topological polar surface area (TPSA) is 122 Å². The third kappa shape index (κ3) is 10.8. The first kappa shape index (κ1) is 39.2. The molecule has 11 nitrogen and oxygen atoms in total. The van der Waals surface area contributed by atoms with Crippen LogP contribution in [0.2, 0.25) is 0 Å². The van der Waals surface area contributed by atoms with Gasteiger partial charge in [0, 0.05) is 36.1 Å². The molecule has 0 saturated carbocycles. The highest BCUT2D eigenvalue weighted by molar-refractivity contribution is 5.92. The summed E-state index contributed by atoms with van der Waals surface area (Å²) in [7, 11) is 1.39. The first-order chi connectivity index (χ1) is 25.6. The smallest absolute Gasteiger partial charge is 0.407 e. The Bertz CT molecular complexity index is 1970. The van der Waals surface area contributed by atoms with E-state index >= 15 is 0 Å². The summed E-state index contributed by atoms with van der Waals surface area (Å²) in [5, 5.41) is 13.1. The van der Waals surface area contributed by atoms with E-state index < -0.39 is 17.7 Å². The van der Waals surface area contributed by atoms with Gasteiger partial charge >= 0.3 is 12.1 Å². The normalized spacial score (nSPS) is 11.6. The lowest BCUT2D eigenvalue weighted by atomic mass is 9.96. The maximum Gasteiger partial charge on any atom is 0.407 e. The first-order valence-electron chi connectivity index (χ1n) is 18.2.